The van der Waals surface area contributed by atoms with Crippen LogP contribution in [0.25, 0.3) is 0 Å². The van der Waals surface area contributed by atoms with Crippen molar-refractivity contribution in [3.8, 4) is 0 Å². The highest BCUT2D eigenvalue weighted by molar-refractivity contribution is 7.99. The molecule has 0 radical (unpaired) electrons. The lowest BCUT2D eigenvalue weighted by atomic mass is 10.1. The molecule has 0 aromatic heterocycles. The Hall–Kier alpha value is 0.0700. The van der Waals surface area contributed by atoms with Crippen LogP contribution in [0.15, 0.2) is 0 Å². The SMILES string of the molecule is CC(C)(N)C(=O)N1CCCSCC1.Cl. The Labute approximate surface area is 96.2 Å². The molecular formula is C9H19ClN2OS. The number of nitrogens with zero attached hydrogens (tertiary/aromatic N) is 1. The van der Waals surface area contributed by atoms with Crippen LogP contribution in [0.2, 0.25) is 0 Å². The lowest BCUT2D eigenvalue weighted by molar-refractivity contribution is -0.135. The van der Waals surface area contributed by atoms with Gasteiger partial charge >= 0.3 is 0 Å². The summed E-state index contributed by atoms with van der Waals surface area (Å²) in [4.78, 5) is 13.7. The minimum Gasteiger partial charge on any atom is -0.340 e. The number of carbonyl (C=O) groups is 1. The minimum absolute atomic E-state index is 0. The fraction of sp³-hybridized carbons (Fsp3) is 0.889. The van der Waals surface area contributed by atoms with Gasteiger partial charge in [-0.2, -0.15) is 11.8 Å². The van der Waals surface area contributed by atoms with E-state index >= 15 is 0 Å². The molecule has 1 rings (SSSR count). The number of hydrogen-bond acceptors (Lipinski definition) is 3. The number of thioether (sulfide) groups is 1. The van der Waals surface area contributed by atoms with Gasteiger partial charge in [0.05, 0.1) is 5.54 Å². The summed E-state index contributed by atoms with van der Waals surface area (Å²) in [5.41, 5.74) is 5.05. The first kappa shape index (κ1) is 14.1. The summed E-state index contributed by atoms with van der Waals surface area (Å²) in [6.07, 6.45) is 1.09. The van der Waals surface area contributed by atoms with E-state index in [0.29, 0.717) is 0 Å². The van der Waals surface area contributed by atoms with Crippen molar-refractivity contribution < 1.29 is 4.79 Å². The van der Waals surface area contributed by atoms with Gasteiger partial charge in [-0.05, 0) is 26.0 Å². The molecule has 1 aliphatic rings. The summed E-state index contributed by atoms with van der Waals surface area (Å²) < 4.78 is 0. The van der Waals surface area contributed by atoms with E-state index in [4.69, 9.17) is 5.73 Å². The van der Waals surface area contributed by atoms with E-state index in [1.165, 1.54) is 0 Å². The molecule has 0 aliphatic carbocycles. The zero-order valence-corrected chi connectivity index (χ0v) is 10.4. The molecule has 0 spiro atoms. The average Bonchev–Trinajstić information content (AvgIpc) is 2.28. The smallest absolute Gasteiger partial charge is 0.242 e. The molecule has 1 aliphatic heterocycles. The molecule has 0 aromatic carbocycles. The van der Waals surface area contributed by atoms with E-state index in [-0.39, 0.29) is 18.3 Å². The van der Waals surface area contributed by atoms with Gasteiger partial charge in [0, 0.05) is 18.8 Å². The molecule has 5 heteroatoms. The molecule has 3 nitrogen and oxygen atoms in total. The third-order valence-electron chi connectivity index (χ3n) is 2.06. The van der Waals surface area contributed by atoms with E-state index in [1.807, 2.05) is 16.7 Å². The van der Waals surface area contributed by atoms with Crippen molar-refractivity contribution in [1.29, 1.82) is 0 Å². The topological polar surface area (TPSA) is 46.3 Å². The molecule has 0 saturated carbocycles. The van der Waals surface area contributed by atoms with Gasteiger partial charge in [-0.3, -0.25) is 4.79 Å². The second-order valence-corrected chi connectivity index (χ2v) is 5.20. The maximum atomic E-state index is 11.8. The van der Waals surface area contributed by atoms with Crippen LogP contribution in [0.4, 0.5) is 0 Å². The van der Waals surface area contributed by atoms with Crippen molar-refractivity contribution in [3.05, 3.63) is 0 Å². The fourth-order valence-electron chi connectivity index (χ4n) is 1.36. The van der Waals surface area contributed by atoms with E-state index in [2.05, 4.69) is 0 Å². The van der Waals surface area contributed by atoms with Crippen molar-refractivity contribution in [1.82, 2.24) is 4.90 Å². The molecule has 14 heavy (non-hydrogen) atoms. The van der Waals surface area contributed by atoms with Crippen LogP contribution in [0, 0.1) is 0 Å². The van der Waals surface area contributed by atoms with Crippen LogP contribution < -0.4 is 5.73 Å². The molecule has 0 unspecified atom stereocenters. The predicted molar refractivity (Wildman–Crippen MR) is 64.0 cm³/mol. The maximum Gasteiger partial charge on any atom is 0.242 e. The largest absolute Gasteiger partial charge is 0.340 e. The van der Waals surface area contributed by atoms with Crippen LogP contribution in [0.1, 0.15) is 20.3 Å². The summed E-state index contributed by atoms with van der Waals surface area (Å²) in [6.45, 7) is 5.26. The van der Waals surface area contributed by atoms with Crippen LogP contribution >= 0.6 is 24.2 Å². The van der Waals surface area contributed by atoms with Crippen LogP contribution in [0.3, 0.4) is 0 Å². The minimum atomic E-state index is -0.713. The van der Waals surface area contributed by atoms with E-state index in [0.717, 1.165) is 31.0 Å². The van der Waals surface area contributed by atoms with Crippen LogP contribution in [-0.4, -0.2) is 40.9 Å². The van der Waals surface area contributed by atoms with Crippen LogP contribution in [0.5, 0.6) is 0 Å². The normalized spacial score (nSPS) is 18.4. The first-order valence-corrected chi connectivity index (χ1v) is 5.83. The van der Waals surface area contributed by atoms with Gasteiger partial charge in [0.25, 0.3) is 0 Å². The molecule has 2 N–H and O–H groups in total. The van der Waals surface area contributed by atoms with Gasteiger partial charge in [0.2, 0.25) is 5.91 Å². The molecule has 0 bridgehead atoms. The van der Waals surface area contributed by atoms with E-state index in [9.17, 15) is 4.79 Å². The quantitative estimate of drug-likeness (QED) is 0.745. The molecule has 0 atom stereocenters. The molecule has 0 aromatic rings. The number of amides is 1. The Bertz CT molecular complexity index is 186. The third-order valence-corrected chi connectivity index (χ3v) is 3.11. The lowest BCUT2D eigenvalue weighted by Gasteiger charge is -2.27. The highest BCUT2D eigenvalue weighted by Gasteiger charge is 2.27. The summed E-state index contributed by atoms with van der Waals surface area (Å²) in [7, 11) is 0. The number of carbonyl (C=O) groups excluding carboxylic acids is 1. The first-order valence-electron chi connectivity index (χ1n) is 4.68. The zero-order chi connectivity index (χ0) is 9.90. The Balaban J connectivity index is 0.00000169. The van der Waals surface area contributed by atoms with Crippen molar-refractivity contribution in [2.24, 2.45) is 5.73 Å². The van der Waals surface area contributed by atoms with Crippen molar-refractivity contribution in [2.75, 3.05) is 24.6 Å². The van der Waals surface area contributed by atoms with Gasteiger partial charge in [-0.1, -0.05) is 0 Å². The second-order valence-electron chi connectivity index (χ2n) is 3.98. The van der Waals surface area contributed by atoms with Crippen molar-refractivity contribution >= 4 is 30.1 Å². The molecular weight excluding hydrogens is 220 g/mol. The first-order chi connectivity index (χ1) is 6.02. The van der Waals surface area contributed by atoms with Crippen molar-refractivity contribution in [2.45, 2.75) is 25.8 Å². The lowest BCUT2D eigenvalue weighted by Crippen LogP contribution is -2.51. The average molecular weight is 239 g/mol. The summed E-state index contributed by atoms with van der Waals surface area (Å²) in [5.74, 6) is 2.28. The fourth-order valence-corrected chi connectivity index (χ4v) is 2.24. The highest BCUT2D eigenvalue weighted by Crippen LogP contribution is 2.13. The Kier molecular flexibility index (Phi) is 5.86. The van der Waals surface area contributed by atoms with Gasteiger partial charge in [-0.25, -0.2) is 0 Å². The summed E-state index contributed by atoms with van der Waals surface area (Å²) in [5, 5.41) is 0. The summed E-state index contributed by atoms with van der Waals surface area (Å²) >= 11 is 1.91. The molecule has 1 amide bonds. The number of halogens is 1. The molecule has 1 heterocycles. The van der Waals surface area contributed by atoms with Gasteiger partial charge in [-0.15, -0.1) is 12.4 Å². The Morgan fingerprint density at radius 1 is 1.36 bits per heavy atom. The van der Waals surface area contributed by atoms with E-state index < -0.39 is 5.54 Å². The van der Waals surface area contributed by atoms with Crippen molar-refractivity contribution in [3.63, 3.8) is 0 Å². The second kappa shape index (κ2) is 5.83. The zero-order valence-electron chi connectivity index (χ0n) is 8.78. The monoisotopic (exact) mass is 238 g/mol. The molecule has 84 valence electrons. The van der Waals surface area contributed by atoms with Gasteiger partial charge in [0.15, 0.2) is 0 Å². The van der Waals surface area contributed by atoms with E-state index in [1.54, 1.807) is 13.8 Å². The number of rotatable bonds is 1. The van der Waals surface area contributed by atoms with Gasteiger partial charge < -0.3 is 10.6 Å². The Morgan fingerprint density at radius 3 is 2.57 bits per heavy atom. The molecule has 1 saturated heterocycles. The number of nitrogens with two attached hydrogens (primary N) is 1. The Morgan fingerprint density at radius 2 is 2.00 bits per heavy atom. The molecule has 1 fully saturated rings. The van der Waals surface area contributed by atoms with Crippen LogP contribution in [-0.2, 0) is 4.79 Å². The summed E-state index contributed by atoms with van der Waals surface area (Å²) in [6, 6.07) is 0. The van der Waals surface area contributed by atoms with Gasteiger partial charge in [0.1, 0.15) is 0 Å². The standard InChI is InChI=1S/C9H18N2OS.ClH/c1-9(2,10)8(12)11-4-3-6-13-7-5-11;/h3-7,10H2,1-2H3;1H. The third kappa shape index (κ3) is 4.07. The number of hydrogen-bond donors (Lipinski definition) is 1. The maximum absolute atomic E-state index is 11.8. The predicted octanol–water partition coefficient (Wildman–Crippen LogP) is 1.11. The highest BCUT2D eigenvalue weighted by atomic mass is 35.5.